The van der Waals surface area contributed by atoms with Crippen molar-refractivity contribution in [3.05, 3.63) is 0 Å². The fourth-order valence-corrected chi connectivity index (χ4v) is 4.09. The quantitative estimate of drug-likeness (QED) is 0.577. The minimum atomic E-state index is -3.00. The van der Waals surface area contributed by atoms with E-state index in [1.165, 1.54) is 0 Å². The fraction of sp³-hybridized carbons (Fsp3) is 0.909. The zero-order chi connectivity index (χ0) is 13.1. The number of rotatable bonds is 4. The van der Waals surface area contributed by atoms with Crippen molar-refractivity contribution in [2.24, 2.45) is 5.92 Å². The molecule has 0 aromatic heterocycles. The average molecular weight is 280 g/mol. The van der Waals surface area contributed by atoms with Gasteiger partial charge in [-0.15, -0.1) is 0 Å². The van der Waals surface area contributed by atoms with Crippen molar-refractivity contribution in [2.75, 3.05) is 23.9 Å². The maximum Gasteiger partial charge on any atom is 0.310 e. The van der Waals surface area contributed by atoms with Gasteiger partial charge in [0.05, 0.1) is 17.4 Å². The normalized spacial score (nSPS) is 23.6. The highest BCUT2D eigenvalue weighted by molar-refractivity contribution is 8.00. The lowest BCUT2D eigenvalue weighted by Crippen LogP contribution is -2.20. The minimum absolute atomic E-state index is 0.0434. The van der Waals surface area contributed by atoms with Gasteiger partial charge in [0.15, 0.2) is 9.84 Å². The van der Waals surface area contributed by atoms with E-state index in [0.29, 0.717) is 13.0 Å². The third-order valence-corrected chi connectivity index (χ3v) is 5.43. The lowest BCUT2D eigenvalue weighted by Gasteiger charge is -2.17. The Bertz CT molecular complexity index is 367. The zero-order valence-electron chi connectivity index (χ0n) is 10.6. The van der Waals surface area contributed by atoms with Crippen LogP contribution < -0.4 is 0 Å². The predicted octanol–water partition coefficient (Wildman–Crippen LogP) is 1.50. The number of carbonyl (C=O) groups excluding carboxylic acids is 1. The van der Waals surface area contributed by atoms with E-state index in [1.54, 1.807) is 11.8 Å². The van der Waals surface area contributed by atoms with Crippen LogP contribution in [0.3, 0.4) is 0 Å². The number of sulfone groups is 1. The smallest absolute Gasteiger partial charge is 0.310 e. The molecule has 0 unspecified atom stereocenters. The van der Waals surface area contributed by atoms with Gasteiger partial charge in [0.25, 0.3) is 0 Å². The highest BCUT2D eigenvalue weighted by Gasteiger charge is 2.33. The second-order valence-electron chi connectivity index (χ2n) is 5.23. The van der Waals surface area contributed by atoms with E-state index in [-0.39, 0.29) is 22.2 Å². The Morgan fingerprint density at radius 3 is 2.53 bits per heavy atom. The molecule has 0 bridgehead atoms. The van der Waals surface area contributed by atoms with Gasteiger partial charge in [-0.05, 0) is 6.42 Å². The number of thioether (sulfide) groups is 1. The molecule has 0 aromatic carbocycles. The summed E-state index contributed by atoms with van der Waals surface area (Å²) >= 11 is 1.72. The van der Waals surface area contributed by atoms with Crippen LogP contribution in [0.1, 0.15) is 27.2 Å². The van der Waals surface area contributed by atoms with Crippen LogP contribution in [0.25, 0.3) is 0 Å². The monoisotopic (exact) mass is 280 g/mol. The summed E-state index contributed by atoms with van der Waals surface area (Å²) in [5, 5.41) is 0. The van der Waals surface area contributed by atoms with Crippen molar-refractivity contribution in [1.82, 2.24) is 0 Å². The SMILES string of the molecule is CC(C)(C)SCCOC(=O)[C@H]1CCS(=O)(=O)C1. The molecule has 100 valence electrons. The molecule has 0 spiro atoms. The molecule has 1 fully saturated rings. The number of hydrogen-bond acceptors (Lipinski definition) is 5. The van der Waals surface area contributed by atoms with Gasteiger partial charge in [0.1, 0.15) is 6.61 Å². The molecule has 0 saturated carbocycles. The van der Waals surface area contributed by atoms with E-state index in [2.05, 4.69) is 20.8 Å². The second kappa shape index (κ2) is 5.61. The number of hydrogen-bond donors (Lipinski definition) is 0. The van der Waals surface area contributed by atoms with Gasteiger partial charge in [0, 0.05) is 10.5 Å². The summed E-state index contributed by atoms with van der Waals surface area (Å²) in [6, 6.07) is 0. The number of carbonyl (C=O) groups is 1. The summed E-state index contributed by atoms with van der Waals surface area (Å²) in [6.45, 7) is 6.66. The number of ether oxygens (including phenoxy) is 1. The summed E-state index contributed by atoms with van der Waals surface area (Å²) in [4.78, 5) is 11.6. The standard InChI is InChI=1S/C11H20O4S2/c1-11(2,3)16-6-5-15-10(12)9-4-7-17(13,14)8-9/h9H,4-8H2,1-3H3/t9-/m0/s1. The second-order valence-corrected chi connectivity index (χ2v) is 9.38. The van der Waals surface area contributed by atoms with E-state index in [0.717, 1.165) is 5.75 Å². The third kappa shape index (κ3) is 5.77. The summed E-state index contributed by atoms with van der Waals surface area (Å²) in [5.74, 6) is 0.0106. The van der Waals surface area contributed by atoms with Crippen LogP contribution >= 0.6 is 11.8 Å². The van der Waals surface area contributed by atoms with Crippen molar-refractivity contribution in [3.8, 4) is 0 Å². The maximum atomic E-state index is 11.6. The van der Waals surface area contributed by atoms with E-state index in [1.807, 2.05) is 0 Å². The van der Waals surface area contributed by atoms with Crippen LogP contribution in [0.4, 0.5) is 0 Å². The molecule has 0 radical (unpaired) electrons. The fourth-order valence-electron chi connectivity index (χ4n) is 1.59. The van der Waals surface area contributed by atoms with Crippen molar-refractivity contribution in [3.63, 3.8) is 0 Å². The first kappa shape index (κ1) is 14.8. The summed E-state index contributed by atoms with van der Waals surface area (Å²) in [6.07, 6.45) is 0.410. The van der Waals surface area contributed by atoms with Crippen LogP contribution in [0.2, 0.25) is 0 Å². The Balaban J connectivity index is 2.23. The molecule has 1 atom stereocenters. The molecular formula is C11H20O4S2. The molecule has 1 aliphatic heterocycles. The Labute approximate surface area is 107 Å². The summed E-state index contributed by atoms with van der Waals surface area (Å²) in [5.41, 5.74) is 0. The van der Waals surface area contributed by atoms with Crippen molar-refractivity contribution >= 4 is 27.6 Å². The van der Waals surface area contributed by atoms with Crippen molar-refractivity contribution in [1.29, 1.82) is 0 Å². The highest BCUT2D eigenvalue weighted by atomic mass is 32.2. The molecule has 1 saturated heterocycles. The van der Waals surface area contributed by atoms with Crippen LogP contribution in [0, 0.1) is 5.92 Å². The molecule has 17 heavy (non-hydrogen) atoms. The van der Waals surface area contributed by atoms with Gasteiger partial charge in [-0.1, -0.05) is 20.8 Å². The predicted molar refractivity (Wildman–Crippen MR) is 69.9 cm³/mol. The molecule has 0 aliphatic carbocycles. The van der Waals surface area contributed by atoms with Crippen molar-refractivity contribution < 1.29 is 17.9 Å². The lowest BCUT2D eigenvalue weighted by atomic mass is 10.1. The van der Waals surface area contributed by atoms with E-state index < -0.39 is 15.8 Å². The van der Waals surface area contributed by atoms with Gasteiger partial charge in [0.2, 0.25) is 0 Å². The van der Waals surface area contributed by atoms with E-state index >= 15 is 0 Å². The molecule has 0 aromatic rings. The first-order chi connectivity index (χ1) is 7.70. The average Bonchev–Trinajstić information content (AvgIpc) is 2.52. The van der Waals surface area contributed by atoms with Crippen LogP contribution in [-0.4, -0.2) is 43.0 Å². The largest absolute Gasteiger partial charge is 0.465 e. The highest BCUT2D eigenvalue weighted by Crippen LogP contribution is 2.23. The lowest BCUT2D eigenvalue weighted by molar-refractivity contribution is -0.146. The topological polar surface area (TPSA) is 60.4 Å². The maximum absolute atomic E-state index is 11.6. The zero-order valence-corrected chi connectivity index (χ0v) is 12.2. The summed E-state index contributed by atoms with van der Waals surface area (Å²) < 4.78 is 27.6. The Kier molecular flexibility index (Phi) is 4.89. The van der Waals surface area contributed by atoms with E-state index in [4.69, 9.17) is 4.74 Å². The summed E-state index contributed by atoms with van der Waals surface area (Å²) in [7, 11) is -3.00. The van der Waals surface area contributed by atoms with E-state index in [9.17, 15) is 13.2 Å². The van der Waals surface area contributed by atoms with Crippen LogP contribution in [0.15, 0.2) is 0 Å². The Hall–Kier alpha value is -0.230. The molecule has 4 nitrogen and oxygen atoms in total. The minimum Gasteiger partial charge on any atom is -0.465 e. The van der Waals surface area contributed by atoms with Gasteiger partial charge in [-0.3, -0.25) is 4.79 Å². The number of esters is 1. The first-order valence-electron chi connectivity index (χ1n) is 5.71. The molecule has 1 heterocycles. The molecule has 6 heteroatoms. The van der Waals surface area contributed by atoms with Crippen molar-refractivity contribution in [2.45, 2.75) is 31.9 Å². The molecule has 1 rings (SSSR count). The van der Waals surface area contributed by atoms with Crippen LogP contribution in [0.5, 0.6) is 0 Å². The Morgan fingerprint density at radius 1 is 1.41 bits per heavy atom. The molecule has 0 N–H and O–H groups in total. The van der Waals surface area contributed by atoms with Crippen LogP contribution in [-0.2, 0) is 19.4 Å². The Morgan fingerprint density at radius 2 is 2.06 bits per heavy atom. The molecule has 1 aliphatic rings. The van der Waals surface area contributed by atoms with Gasteiger partial charge in [-0.2, -0.15) is 11.8 Å². The third-order valence-electron chi connectivity index (χ3n) is 2.43. The van der Waals surface area contributed by atoms with Gasteiger partial charge >= 0.3 is 5.97 Å². The van der Waals surface area contributed by atoms with Gasteiger partial charge in [-0.25, -0.2) is 8.42 Å². The first-order valence-corrected chi connectivity index (χ1v) is 8.51. The molecular weight excluding hydrogens is 260 g/mol. The van der Waals surface area contributed by atoms with Gasteiger partial charge < -0.3 is 4.74 Å². The molecule has 0 amide bonds.